The first-order valence-corrected chi connectivity index (χ1v) is 10.9. The molecule has 1 unspecified atom stereocenters. The van der Waals surface area contributed by atoms with Crippen molar-refractivity contribution in [1.82, 2.24) is 9.88 Å². The Balaban J connectivity index is 1.86. The number of halogens is 3. The van der Waals surface area contributed by atoms with E-state index in [-0.39, 0.29) is 5.56 Å². The first-order chi connectivity index (χ1) is 15.2. The second kappa shape index (κ2) is 9.77. The maximum Gasteiger partial charge on any atom is 0.416 e. The zero-order chi connectivity index (χ0) is 23.5. The van der Waals surface area contributed by atoms with Gasteiger partial charge in [-0.25, -0.2) is 4.79 Å². The number of alkyl halides is 3. The summed E-state index contributed by atoms with van der Waals surface area (Å²) in [4.78, 5) is 18.5. The molecule has 1 atom stereocenters. The van der Waals surface area contributed by atoms with E-state index >= 15 is 0 Å². The lowest BCUT2D eigenvalue weighted by Crippen LogP contribution is -2.25. The van der Waals surface area contributed by atoms with E-state index in [4.69, 9.17) is 4.74 Å². The van der Waals surface area contributed by atoms with Crippen LogP contribution in [0.1, 0.15) is 59.6 Å². The van der Waals surface area contributed by atoms with Crippen molar-refractivity contribution in [3.8, 4) is 0 Å². The van der Waals surface area contributed by atoms with Crippen molar-refractivity contribution in [3.63, 3.8) is 0 Å². The Hall–Kier alpha value is -2.80. The van der Waals surface area contributed by atoms with E-state index in [0.717, 1.165) is 48.6 Å². The van der Waals surface area contributed by atoms with Gasteiger partial charge in [0, 0.05) is 28.7 Å². The highest BCUT2D eigenvalue weighted by Gasteiger charge is 2.35. The van der Waals surface area contributed by atoms with Crippen LogP contribution in [0, 0.1) is 6.92 Å². The highest BCUT2D eigenvalue weighted by atomic mass is 19.4. The van der Waals surface area contributed by atoms with Crippen LogP contribution in [0.25, 0.3) is 10.9 Å². The number of likely N-dealkylation sites (N-methyl/N-ethyl adjacent to an activating group) is 1. The third kappa shape index (κ3) is 5.15. The van der Waals surface area contributed by atoms with Crippen LogP contribution in [-0.4, -0.2) is 35.5 Å². The van der Waals surface area contributed by atoms with Gasteiger partial charge in [0.05, 0.1) is 11.1 Å². The average Bonchev–Trinajstić information content (AvgIpc) is 3.08. The number of aromatic nitrogens is 1. The Bertz CT molecular complexity index is 1080. The molecule has 32 heavy (non-hydrogen) atoms. The SMILES string of the molecule is CCN(CC)CCc1ccc2[nH]c(C)c(C(=O)OC(C)c3ccccc3C(F)(F)F)c2c1. The number of fused-ring (bicyclic) bond motifs is 1. The monoisotopic (exact) mass is 446 g/mol. The van der Waals surface area contributed by atoms with Crippen LogP contribution in [0.2, 0.25) is 0 Å². The number of esters is 1. The first-order valence-electron chi connectivity index (χ1n) is 10.9. The van der Waals surface area contributed by atoms with Gasteiger partial charge in [-0.15, -0.1) is 0 Å². The van der Waals surface area contributed by atoms with Crippen LogP contribution >= 0.6 is 0 Å². The Kier molecular flexibility index (Phi) is 7.29. The predicted molar refractivity (Wildman–Crippen MR) is 120 cm³/mol. The van der Waals surface area contributed by atoms with Crippen LogP contribution in [-0.2, 0) is 17.3 Å². The summed E-state index contributed by atoms with van der Waals surface area (Å²) in [5, 5.41) is 0.723. The summed E-state index contributed by atoms with van der Waals surface area (Å²) >= 11 is 0. The summed E-state index contributed by atoms with van der Waals surface area (Å²) in [5.74, 6) is -0.640. The minimum Gasteiger partial charge on any atom is -0.454 e. The number of rotatable bonds is 8. The molecule has 3 aromatic rings. The molecular formula is C25H29F3N2O2. The van der Waals surface area contributed by atoms with Crippen LogP contribution in [0.3, 0.4) is 0 Å². The van der Waals surface area contributed by atoms with Gasteiger partial charge >= 0.3 is 12.1 Å². The van der Waals surface area contributed by atoms with Gasteiger partial charge in [-0.05, 0) is 57.1 Å². The number of nitrogens with zero attached hydrogens (tertiary/aromatic N) is 1. The summed E-state index contributed by atoms with van der Waals surface area (Å²) in [6.45, 7) is 10.3. The first kappa shape index (κ1) is 23.9. The number of nitrogens with one attached hydrogen (secondary N) is 1. The normalized spacial score (nSPS) is 13.0. The number of carbonyl (C=O) groups excluding carboxylic acids is 1. The van der Waals surface area contributed by atoms with Crippen molar-refractivity contribution in [2.24, 2.45) is 0 Å². The van der Waals surface area contributed by atoms with Crippen LogP contribution in [0.4, 0.5) is 13.2 Å². The highest BCUT2D eigenvalue weighted by Crippen LogP contribution is 2.36. The molecule has 0 amide bonds. The molecule has 1 heterocycles. The van der Waals surface area contributed by atoms with Gasteiger partial charge in [-0.3, -0.25) is 0 Å². The fourth-order valence-corrected chi connectivity index (χ4v) is 4.01. The van der Waals surface area contributed by atoms with Crippen LogP contribution in [0.15, 0.2) is 42.5 Å². The highest BCUT2D eigenvalue weighted by molar-refractivity contribution is 6.05. The molecule has 1 N–H and O–H groups in total. The number of aryl methyl sites for hydroxylation is 1. The molecule has 0 spiro atoms. The van der Waals surface area contributed by atoms with Gasteiger partial charge in [0.2, 0.25) is 0 Å². The zero-order valence-corrected chi connectivity index (χ0v) is 18.8. The van der Waals surface area contributed by atoms with Crippen molar-refractivity contribution >= 4 is 16.9 Å². The fraction of sp³-hybridized carbons (Fsp3) is 0.400. The molecule has 0 radical (unpaired) electrons. The largest absolute Gasteiger partial charge is 0.454 e. The van der Waals surface area contributed by atoms with Gasteiger partial charge in [0.25, 0.3) is 0 Å². The Morgan fingerprint density at radius 2 is 1.81 bits per heavy atom. The van der Waals surface area contributed by atoms with Gasteiger partial charge in [-0.1, -0.05) is 38.1 Å². The molecule has 0 aliphatic carbocycles. The summed E-state index contributed by atoms with van der Waals surface area (Å²) in [6.07, 6.45) is -4.73. The number of H-pyrrole nitrogens is 1. The molecule has 1 aromatic heterocycles. The molecule has 2 aromatic carbocycles. The van der Waals surface area contributed by atoms with E-state index in [0.29, 0.717) is 11.3 Å². The van der Waals surface area contributed by atoms with E-state index in [2.05, 4.69) is 23.7 Å². The quantitative estimate of drug-likeness (QED) is 0.413. The van der Waals surface area contributed by atoms with Crippen molar-refractivity contribution < 1.29 is 22.7 Å². The lowest BCUT2D eigenvalue weighted by molar-refractivity contribution is -0.139. The summed E-state index contributed by atoms with van der Waals surface area (Å²) in [7, 11) is 0. The van der Waals surface area contributed by atoms with Gasteiger partial charge in [0.1, 0.15) is 6.10 Å². The van der Waals surface area contributed by atoms with Gasteiger partial charge in [-0.2, -0.15) is 13.2 Å². The number of carbonyl (C=O) groups is 1. The Morgan fingerprint density at radius 1 is 1.12 bits per heavy atom. The third-order valence-corrected chi connectivity index (χ3v) is 5.85. The predicted octanol–water partition coefficient (Wildman–Crippen LogP) is 6.30. The van der Waals surface area contributed by atoms with Crippen molar-refractivity contribution in [1.29, 1.82) is 0 Å². The van der Waals surface area contributed by atoms with E-state index < -0.39 is 23.8 Å². The summed E-state index contributed by atoms with van der Waals surface area (Å²) in [6, 6.07) is 11.1. The van der Waals surface area contributed by atoms with E-state index in [1.54, 1.807) is 6.92 Å². The molecule has 3 rings (SSSR count). The molecule has 4 nitrogen and oxygen atoms in total. The molecule has 0 saturated heterocycles. The molecule has 7 heteroatoms. The topological polar surface area (TPSA) is 45.3 Å². The molecule has 0 saturated carbocycles. The number of hydrogen-bond donors (Lipinski definition) is 1. The van der Waals surface area contributed by atoms with E-state index in [1.165, 1.54) is 25.1 Å². The standard InChI is InChI=1S/C25H29F3N2O2/c1-5-30(6-2)14-13-18-11-12-22-20(15-18)23(16(3)29-22)24(31)32-17(4)19-9-7-8-10-21(19)25(26,27)28/h7-12,15,17,29H,5-6,13-14H2,1-4H3. The average molecular weight is 447 g/mol. The number of benzene rings is 2. The number of ether oxygens (including phenoxy) is 1. The van der Waals surface area contributed by atoms with E-state index in [1.807, 2.05) is 18.2 Å². The van der Waals surface area contributed by atoms with Crippen molar-refractivity contribution in [2.45, 2.75) is 46.4 Å². The molecular weight excluding hydrogens is 417 g/mol. The Labute approximate surface area is 186 Å². The lowest BCUT2D eigenvalue weighted by atomic mass is 10.0. The number of hydrogen-bond acceptors (Lipinski definition) is 3. The van der Waals surface area contributed by atoms with Crippen molar-refractivity contribution in [2.75, 3.05) is 19.6 Å². The maximum absolute atomic E-state index is 13.4. The van der Waals surface area contributed by atoms with Gasteiger partial charge < -0.3 is 14.6 Å². The molecule has 0 fully saturated rings. The lowest BCUT2D eigenvalue weighted by Gasteiger charge is -2.19. The zero-order valence-electron chi connectivity index (χ0n) is 18.8. The molecule has 172 valence electrons. The third-order valence-electron chi connectivity index (χ3n) is 5.85. The van der Waals surface area contributed by atoms with E-state index in [9.17, 15) is 18.0 Å². The molecule has 0 aliphatic rings. The fourth-order valence-electron chi connectivity index (χ4n) is 4.01. The second-order valence-corrected chi connectivity index (χ2v) is 7.91. The number of aromatic amines is 1. The van der Waals surface area contributed by atoms with Crippen molar-refractivity contribution in [3.05, 3.63) is 70.4 Å². The summed E-state index contributed by atoms with van der Waals surface area (Å²) in [5.41, 5.74) is 2.01. The van der Waals surface area contributed by atoms with Gasteiger partial charge in [0.15, 0.2) is 0 Å². The van der Waals surface area contributed by atoms with Crippen LogP contribution < -0.4 is 0 Å². The minimum absolute atomic E-state index is 0.0641. The molecule has 0 aliphatic heterocycles. The molecule has 0 bridgehead atoms. The second-order valence-electron chi connectivity index (χ2n) is 7.91. The maximum atomic E-state index is 13.4. The smallest absolute Gasteiger partial charge is 0.416 e. The van der Waals surface area contributed by atoms with Crippen LogP contribution in [0.5, 0.6) is 0 Å². The minimum atomic E-state index is -4.52. The summed E-state index contributed by atoms with van der Waals surface area (Å²) < 4.78 is 45.6. The Morgan fingerprint density at radius 3 is 2.47 bits per heavy atom.